The lowest BCUT2D eigenvalue weighted by atomic mass is 9.95. The molecule has 0 spiro atoms. The minimum absolute atomic E-state index is 0. The van der Waals surface area contributed by atoms with Gasteiger partial charge in [0, 0.05) is 24.2 Å². The van der Waals surface area contributed by atoms with Gasteiger partial charge >= 0.3 is 11.9 Å². The Kier molecular flexibility index (Phi) is 12.6. The summed E-state index contributed by atoms with van der Waals surface area (Å²) in [6, 6.07) is 14.1. The molecule has 0 aliphatic carbocycles. The van der Waals surface area contributed by atoms with Gasteiger partial charge in [-0.05, 0) is 67.7 Å². The highest BCUT2D eigenvalue weighted by Gasteiger charge is 2.36. The van der Waals surface area contributed by atoms with Crippen LogP contribution >= 0.6 is 0 Å². The Labute approximate surface area is 244 Å². The zero-order valence-corrected chi connectivity index (χ0v) is 24.3. The molecule has 0 saturated heterocycles. The van der Waals surface area contributed by atoms with E-state index in [0.29, 0.717) is 44.6 Å². The van der Waals surface area contributed by atoms with Gasteiger partial charge in [0.25, 0.3) is 0 Å². The number of amides is 2. The number of para-hydroxylation sites is 2. The van der Waals surface area contributed by atoms with Crippen LogP contribution in [0.5, 0.6) is 0 Å². The average molecular weight is 567 g/mol. The van der Waals surface area contributed by atoms with Crippen LogP contribution in [0.1, 0.15) is 78.9 Å². The number of hydrogen-bond acceptors (Lipinski definition) is 5. The van der Waals surface area contributed by atoms with Crippen LogP contribution in [0.2, 0.25) is 0 Å². The second-order valence-electron chi connectivity index (χ2n) is 11.2. The molecule has 0 aromatic heterocycles. The maximum absolute atomic E-state index is 12.4. The number of anilines is 2. The van der Waals surface area contributed by atoms with E-state index in [2.05, 4.69) is 0 Å². The highest BCUT2D eigenvalue weighted by Crippen LogP contribution is 2.32. The largest absolute Gasteiger partial charge is 0.480 e. The van der Waals surface area contributed by atoms with Crippen molar-refractivity contribution in [2.24, 2.45) is 11.8 Å². The summed E-state index contributed by atoms with van der Waals surface area (Å²) in [5, 5.41) is 9.42. The summed E-state index contributed by atoms with van der Waals surface area (Å²) in [5.41, 5.74) is 3.78. The van der Waals surface area contributed by atoms with E-state index >= 15 is 0 Å². The summed E-state index contributed by atoms with van der Waals surface area (Å²) in [6.45, 7) is 10.2. The fourth-order valence-corrected chi connectivity index (χ4v) is 5.35. The molecule has 8 nitrogen and oxygen atoms in total. The number of aryl methyl sites for hydroxylation is 2. The van der Waals surface area contributed by atoms with Gasteiger partial charge in [-0.3, -0.25) is 19.4 Å². The summed E-state index contributed by atoms with van der Waals surface area (Å²) in [6.07, 6.45) is 3.35. The van der Waals surface area contributed by atoms with Crippen molar-refractivity contribution in [1.29, 1.82) is 0 Å². The van der Waals surface area contributed by atoms with E-state index in [1.165, 1.54) is 4.90 Å². The van der Waals surface area contributed by atoms with Crippen LogP contribution in [-0.4, -0.2) is 47.6 Å². The van der Waals surface area contributed by atoms with E-state index in [4.69, 9.17) is 4.74 Å². The van der Waals surface area contributed by atoms with E-state index in [9.17, 15) is 24.3 Å². The number of hydrogen-bond donors (Lipinski definition) is 1. The van der Waals surface area contributed by atoms with Crippen LogP contribution in [0.25, 0.3) is 0 Å². The molecule has 2 heterocycles. The quantitative estimate of drug-likeness (QED) is 0.371. The zero-order chi connectivity index (χ0) is 29.4. The standard InChI is InChI=1S/C17H23NO3.C15H19NO3.CH4/c1-4-21-17(20)15(11-12(2)3)18-14-8-6-5-7-13(14)9-10-16(18)19;1-10(2)9-13(15(18)19)16-12-6-4-3-5-11(12)7-8-14(16)17;/h5-8,12,15H,4,9-11H2,1-3H3;3-6,10,13H,7-9H2,1-2H3,(H,18,19);1H4. The Morgan fingerprint density at radius 3 is 1.59 bits per heavy atom. The molecule has 224 valence electrons. The van der Waals surface area contributed by atoms with Gasteiger partial charge in [-0.25, -0.2) is 9.59 Å². The van der Waals surface area contributed by atoms with Gasteiger partial charge < -0.3 is 9.84 Å². The lowest BCUT2D eigenvalue weighted by Crippen LogP contribution is -2.48. The lowest BCUT2D eigenvalue weighted by Gasteiger charge is -2.35. The van der Waals surface area contributed by atoms with Crippen LogP contribution in [0, 0.1) is 11.8 Å². The van der Waals surface area contributed by atoms with Crippen LogP contribution in [-0.2, 0) is 36.8 Å². The first kappa shape index (κ1) is 33.5. The molecule has 8 heteroatoms. The van der Waals surface area contributed by atoms with Gasteiger partial charge in [0.15, 0.2) is 0 Å². The molecule has 0 bridgehead atoms. The van der Waals surface area contributed by atoms with E-state index in [0.717, 1.165) is 28.9 Å². The van der Waals surface area contributed by atoms with Crippen LogP contribution in [0.15, 0.2) is 48.5 Å². The summed E-state index contributed by atoms with van der Waals surface area (Å²) < 4.78 is 5.19. The zero-order valence-electron chi connectivity index (χ0n) is 24.3. The average Bonchev–Trinajstić information content (AvgIpc) is 2.91. The van der Waals surface area contributed by atoms with Gasteiger partial charge in [-0.1, -0.05) is 71.5 Å². The van der Waals surface area contributed by atoms with Gasteiger partial charge in [0.2, 0.25) is 11.8 Å². The van der Waals surface area contributed by atoms with E-state index in [1.54, 1.807) is 11.8 Å². The number of fused-ring (bicyclic) bond motifs is 2. The molecule has 1 N–H and O–H groups in total. The fraction of sp³-hybridized carbons (Fsp3) is 0.515. The molecule has 2 aliphatic heterocycles. The summed E-state index contributed by atoms with van der Waals surface area (Å²) in [5.74, 6) is -0.793. The number of nitrogens with zero attached hydrogens (tertiary/aromatic N) is 2. The maximum Gasteiger partial charge on any atom is 0.329 e. The van der Waals surface area contributed by atoms with Gasteiger partial charge in [0.1, 0.15) is 12.1 Å². The Balaban J connectivity index is 0.000000281. The van der Waals surface area contributed by atoms with E-state index < -0.39 is 18.1 Å². The van der Waals surface area contributed by atoms with Crippen LogP contribution < -0.4 is 9.80 Å². The van der Waals surface area contributed by atoms with Crippen molar-refractivity contribution in [2.45, 2.75) is 92.7 Å². The van der Waals surface area contributed by atoms with Crippen LogP contribution in [0.3, 0.4) is 0 Å². The number of carboxylic acids is 1. The molecular weight excluding hydrogens is 520 g/mol. The predicted octanol–water partition coefficient (Wildman–Crippen LogP) is 6.04. The first-order valence-corrected chi connectivity index (χ1v) is 14.2. The number of ether oxygens (including phenoxy) is 1. The number of rotatable bonds is 9. The number of carbonyl (C=O) groups excluding carboxylic acids is 3. The van der Waals surface area contributed by atoms with Crippen molar-refractivity contribution >= 4 is 35.1 Å². The number of benzene rings is 2. The Morgan fingerprint density at radius 2 is 1.17 bits per heavy atom. The Hall–Kier alpha value is -3.68. The van der Waals surface area contributed by atoms with E-state index in [-0.39, 0.29) is 31.1 Å². The second-order valence-corrected chi connectivity index (χ2v) is 11.2. The normalized spacial score (nSPS) is 15.7. The maximum atomic E-state index is 12.4. The number of aliphatic carboxylic acids is 1. The third-order valence-electron chi connectivity index (χ3n) is 7.11. The molecule has 2 amide bonds. The highest BCUT2D eigenvalue weighted by molar-refractivity contribution is 6.02. The van der Waals surface area contributed by atoms with Crippen molar-refractivity contribution in [1.82, 2.24) is 0 Å². The number of carbonyl (C=O) groups is 4. The number of carboxylic acid groups (broad SMARTS) is 1. The predicted molar refractivity (Wildman–Crippen MR) is 162 cm³/mol. The highest BCUT2D eigenvalue weighted by atomic mass is 16.5. The summed E-state index contributed by atoms with van der Waals surface area (Å²) in [7, 11) is 0. The summed E-state index contributed by atoms with van der Waals surface area (Å²) in [4.78, 5) is 51.5. The molecule has 2 unspecified atom stereocenters. The molecular formula is C33H46N2O6. The monoisotopic (exact) mass is 566 g/mol. The first-order chi connectivity index (χ1) is 19.0. The van der Waals surface area contributed by atoms with Crippen molar-refractivity contribution in [3.63, 3.8) is 0 Å². The van der Waals surface area contributed by atoms with E-state index in [1.807, 2.05) is 76.2 Å². The molecule has 0 fully saturated rings. The fourth-order valence-electron chi connectivity index (χ4n) is 5.35. The minimum Gasteiger partial charge on any atom is -0.480 e. The second kappa shape index (κ2) is 15.4. The molecule has 41 heavy (non-hydrogen) atoms. The van der Waals surface area contributed by atoms with Gasteiger partial charge in [-0.2, -0.15) is 0 Å². The van der Waals surface area contributed by atoms with Gasteiger partial charge in [0.05, 0.1) is 6.61 Å². The lowest BCUT2D eigenvalue weighted by molar-refractivity contribution is -0.146. The SMILES string of the molecule is C.CC(C)CC(C(=O)O)N1C(=O)CCc2ccccc21.CCOC(=O)C(CC(C)C)N1C(=O)CCc2ccccc21. The topological polar surface area (TPSA) is 104 Å². The van der Waals surface area contributed by atoms with Crippen molar-refractivity contribution in [3.05, 3.63) is 59.7 Å². The molecule has 2 aromatic rings. The van der Waals surface area contributed by atoms with Crippen LogP contribution in [0.4, 0.5) is 11.4 Å². The molecule has 2 aliphatic rings. The molecule has 0 saturated carbocycles. The third kappa shape index (κ3) is 8.41. The Morgan fingerprint density at radius 1 is 0.756 bits per heavy atom. The van der Waals surface area contributed by atoms with Crippen molar-refractivity contribution in [2.75, 3.05) is 16.4 Å². The Bertz CT molecular complexity index is 1210. The molecule has 0 radical (unpaired) electrons. The molecule has 2 atom stereocenters. The van der Waals surface area contributed by atoms with Gasteiger partial charge in [-0.15, -0.1) is 0 Å². The summed E-state index contributed by atoms with van der Waals surface area (Å²) >= 11 is 0. The van der Waals surface area contributed by atoms with Crippen molar-refractivity contribution < 1.29 is 29.0 Å². The van der Waals surface area contributed by atoms with Crippen molar-refractivity contribution in [3.8, 4) is 0 Å². The number of esters is 1. The first-order valence-electron chi connectivity index (χ1n) is 14.2. The molecule has 2 aromatic carbocycles. The smallest absolute Gasteiger partial charge is 0.329 e. The molecule has 4 rings (SSSR count). The third-order valence-corrected chi connectivity index (χ3v) is 7.11. The minimum atomic E-state index is -0.932.